The number of aromatic hydroxyl groups is 1. The van der Waals surface area contributed by atoms with Crippen LogP contribution >= 0.6 is 0 Å². The zero-order valence-corrected chi connectivity index (χ0v) is 22.6. The number of aromatic nitrogens is 2. The third kappa shape index (κ3) is 7.33. The largest absolute Gasteiger partial charge is 0.508 e. The predicted molar refractivity (Wildman–Crippen MR) is 139 cm³/mol. The van der Waals surface area contributed by atoms with Gasteiger partial charge in [0.15, 0.2) is 8.32 Å². The van der Waals surface area contributed by atoms with Crippen molar-refractivity contribution in [1.82, 2.24) is 9.97 Å². The van der Waals surface area contributed by atoms with Gasteiger partial charge < -0.3 is 25.3 Å². The molecule has 0 spiro atoms. The smallest absolute Gasteiger partial charge is 0.222 e. The zero-order valence-electron chi connectivity index (χ0n) is 21.6. The summed E-state index contributed by atoms with van der Waals surface area (Å²) >= 11 is 0. The van der Waals surface area contributed by atoms with E-state index in [4.69, 9.17) is 14.9 Å². The van der Waals surface area contributed by atoms with Gasteiger partial charge in [0.2, 0.25) is 5.95 Å². The van der Waals surface area contributed by atoms with Gasteiger partial charge in [-0.3, -0.25) is 0 Å². The molecule has 1 heterocycles. The first kappa shape index (κ1) is 26.9. The van der Waals surface area contributed by atoms with Gasteiger partial charge in [-0.15, -0.1) is 0 Å². The van der Waals surface area contributed by atoms with E-state index in [0.29, 0.717) is 12.2 Å². The number of nitrogens with two attached hydrogens (primary N) is 1. The summed E-state index contributed by atoms with van der Waals surface area (Å²) in [5, 5.41) is 13.6. The number of phenolic OH excluding ortho intramolecular Hbond substituents is 1. The lowest BCUT2D eigenvalue weighted by molar-refractivity contribution is 0.272. The third-order valence-electron chi connectivity index (χ3n) is 6.58. The second kappa shape index (κ2) is 11.2. The number of nitrogens with one attached hydrogen (secondary N) is 1. The van der Waals surface area contributed by atoms with Crippen molar-refractivity contribution in [3.63, 3.8) is 0 Å². The Kier molecular flexibility index (Phi) is 9.14. The Morgan fingerprint density at radius 2 is 1.88 bits per heavy atom. The summed E-state index contributed by atoms with van der Waals surface area (Å²) in [7, 11) is -0.189. The van der Waals surface area contributed by atoms with Crippen LogP contribution in [-0.4, -0.2) is 43.2 Å². The third-order valence-corrected chi connectivity index (χ3v) is 11.1. The minimum atomic E-state index is -1.79. The van der Waals surface area contributed by atoms with Crippen molar-refractivity contribution in [3.05, 3.63) is 35.0 Å². The van der Waals surface area contributed by atoms with Gasteiger partial charge in [0, 0.05) is 36.4 Å². The van der Waals surface area contributed by atoms with Gasteiger partial charge in [-0.25, -0.2) is 4.98 Å². The van der Waals surface area contributed by atoms with E-state index in [1.807, 2.05) is 13.0 Å². The van der Waals surface area contributed by atoms with Gasteiger partial charge in [-0.05, 0) is 49.5 Å². The average molecular weight is 475 g/mol. The van der Waals surface area contributed by atoms with E-state index in [9.17, 15) is 5.11 Å². The molecular weight excluding hydrogens is 432 g/mol. The fraction of sp³-hybridized carbons (Fsp3) is 0.600. The minimum absolute atomic E-state index is 0.170. The molecule has 2 aromatic rings. The first-order valence-corrected chi connectivity index (χ1v) is 14.7. The van der Waals surface area contributed by atoms with Crippen LogP contribution in [0.5, 0.6) is 11.5 Å². The Labute approximate surface area is 200 Å². The van der Waals surface area contributed by atoms with Crippen LogP contribution in [0.25, 0.3) is 0 Å². The van der Waals surface area contributed by atoms with E-state index in [-0.39, 0.29) is 22.8 Å². The molecule has 0 saturated carbocycles. The molecule has 7 nitrogen and oxygen atoms in total. The number of anilines is 2. The summed E-state index contributed by atoms with van der Waals surface area (Å²) in [6.45, 7) is 16.2. The van der Waals surface area contributed by atoms with Crippen LogP contribution in [0.15, 0.2) is 18.2 Å². The number of methoxy groups -OCH3 is 1. The van der Waals surface area contributed by atoms with Crippen LogP contribution in [0.4, 0.5) is 11.8 Å². The van der Waals surface area contributed by atoms with Crippen LogP contribution < -0.4 is 15.8 Å². The van der Waals surface area contributed by atoms with E-state index in [2.05, 4.69) is 56.1 Å². The lowest BCUT2D eigenvalue weighted by atomic mass is 10.0. The summed E-state index contributed by atoms with van der Waals surface area (Å²) in [6.07, 6.45) is 3.52. The summed E-state index contributed by atoms with van der Waals surface area (Å²) < 4.78 is 11.9. The van der Waals surface area contributed by atoms with Crippen LogP contribution in [0, 0.1) is 6.92 Å². The maximum absolute atomic E-state index is 9.81. The van der Waals surface area contributed by atoms with Crippen molar-refractivity contribution >= 4 is 20.1 Å². The van der Waals surface area contributed by atoms with Crippen molar-refractivity contribution in [2.24, 2.45) is 0 Å². The normalized spacial score (nSPS) is 13.1. The lowest BCUT2D eigenvalue weighted by Gasteiger charge is -2.36. The van der Waals surface area contributed by atoms with Crippen LogP contribution in [0.3, 0.4) is 0 Å². The Hall–Kier alpha value is -2.32. The number of hydrogen-bond acceptors (Lipinski definition) is 7. The molecule has 0 aliphatic carbocycles. The SMILES string of the molecule is CCCC(CCO[Si](C)(C)C(C)(C)C)Nc1nc(N)nc(C)c1Cc1ccc(O)cc1OC. The minimum Gasteiger partial charge on any atom is -0.508 e. The second-order valence-corrected chi connectivity index (χ2v) is 15.0. The van der Waals surface area contributed by atoms with Gasteiger partial charge in [0.25, 0.3) is 0 Å². The molecule has 0 aliphatic heterocycles. The highest BCUT2D eigenvalue weighted by Crippen LogP contribution is 2.36. The number of nitrogen functional groups attached to an aromatic ring is 1. The molecule has 0 amide bonds. The fourth-order valence-electron chi connectivity index (χ4n) is 3.52. The van der Waals surface area contributed by atoms with Gasteiger partial charge in [0.1, 0.15) is 17.3 Å². The van der Waals surface area contributed by atoms with Gasteiger partial charge in [0.05, 0.1) is 7.11 Å². The quantitative estimate of drug-likeness (QED) is 0.361. The molecule has 0 saturated heterocycles. The van der Waals surface area contributed by atoms with E-state index >= 15 is 0 Å². The molecule has 0 radical (unpaired) electrons. The van der Waals surface area contributed by atoms with Gasteiger partial charge in [-0.1, -0.05) is 40.2 Å². The first-order chi connectivity index (χ1) is 15.4. The Bertz CT molecular complexity index is 929. The Morgan fingerprint density at radius 1 is 1.18 bits per heavy atom. The van der Waals surface area contributed by atoms with Crippen LogP contribution in [0.2, 0.25) is 18.1 Å². The maximum atomic E-state index is 9.81. The van der Waals surface area contributed by atoms with Gasteiger partial charge >= 0.3 is 0 Å². The monoisotopic (exact) mass is 474 g/mol. The maximum Gasteiger partial charge on any atom is 0.222 e. The molecule has 0 fully saturated rings. The number of aryl methyl sites for hydroxylation is 1. The topological polar surface area (TPSA) is 103 Å². The van der Waals surface area contributed by atoms with E-state index in [1.54, 1.807) is 19.2 Å². The summed E-state index contributed by atoms with van der Waals surface area (Å²) in [5.74, 6) is 1.80. The summed E-state index contributed by atoms with van der Waals surface area (Å²) in [4.78, 5) is 8.95. The summed E-state index contributed by atoms with van der Waals surface area (Å²) in [5.41, 5.74) is 8.76. The van der Waals surface area contributed by atoms with E-state index < -0.39 is 8.32 Å². The van der Waals surface area contributed by atoms with Crippen LogP contribution in [-0.2, 0) is 10.8 Å². The van der Waals surface area contributed by atoms with Crippen LogP contribution in [0.1, 0.15) is 63.8 Å². The van der Waals surface area contributed by atoms with E-state index in [1.165, 1.54) is 0 Å². The number of ether oxygens (including phenoxy) is 1. The van der Waals surface area contributed by atoms with Crippen molar-refractivity contribution in [3.8, 4) is 11.5 Å². The molecular formula is C25H42N4O3Si. The predicted octanol–water partition coefficient (Wildman–Crippen LogP) is 5.66. The molecule has 1 unspecified atom stereocenters. The molecule has 1 aromatic carbocycles. The fourth-order valence-corrected chi connectivity index (χ4v) is 4.58. The number of hydrogen-bond donors (Lipinski definition) is 3. The van der Waals surface area contributed by atoms with Crippen molar-refractivity contribution in [2.75, 3.05) is 24.8 Å². The molecule has 1 atom stereocenters. The molecule has 4 N–H and O–H groups in total. The highest BCUT2D eigenvalue weighted by molar-refractivity contribution is 6.74. The van der Waals surface area contributed by atoms with Crippen molar-refractivity contribution in [2.45, 2.75) is 84.5 Å². The molecule has 0 aliphatic rings. The highest BCUT2D eigenvalue weighted by Gasteiger charge is 2.37. The lowest BCUT2D eigenvalue weighted by Crippen LogP contribution is -2.41. The van der Waals surface area contributed by atoms with Gasteiger partial charge in [-0.2, -0.15) is 4.98 Å². The second-order valence-electron chi connectivity index (χ2n) is 10.2. The molecule has 2 rings (SSSR count). The summed E-state index contributed by atoms with van der Waals surface area (Å²) in [6, 6.07) is 5.36. The number of benzene rings is 1. The number of rotatable bonds is 11. The number of phenols is 1. The Morgan fingerprint density at radius 3 is 2.48 bits per heavy atom. The van der Waals surface area contributed by atoms with Crippen molar-refractivity contribution < 1.29 is 14.3 Å². The zero-order chi connectivity index (χ0) is 24.8. The first-order valence-electron chi connectivity index (χ1n) is 11.8. The standard InChI is InChI=1S/C25H42N4O3Si/c1-9-10-19(13-14-32-33(7,8)25(3,4)5)28-23-21(17(2)27-24(26)29-23)15-18-11-12-20(30)16-22(18)31-6/h11-12,16,19,30H,9-10,13-15H2,1-8H3,(H3,26,27,28,29). The average Bonchev–Trinajstić information content (AvgIpc) is 2.70. The molecule has 0 bridgehead atoms. The van der Waals surface area contributed by atoms with E-state index in [0.717, 1.165) is 48.5 Å². The molecule has 1 aromatic heterocycles. The number of nitrogens with zero attached hydrogens (tertiary/aromatic N) is 2. The molecule has 33 heavy (non-hydrogen) atoms. The highest BCUT2D eigenvalue weighted by atomic mass is 28.4. The van der Waals surface area contributed by atoms with Crippen molar-refractivity contribution in [1.29, 1.82) is 0 Å². The Balaban J connectivity index is 2.25. The molecule has 8 heteroatoms. The molecule has 184 valence electrons.